The largest absolute Gasteiger partial charge is 0.483 e. The number of aromatic nitrogens is 1. The summed E-state index contributed by atoms with van der Waals surface area (Å²) in [5, 5.41) is 9.40. The van der Waals surface area contributed by atoms with Gasteiger partial charge in [-0.15, -0.1) is 0 Å². The average Bonchev–Trinajstić information content (AvgIpc) is 2.20. The zero-order valence-electron chi connectivity index (χ0n) is 7.84. The lowest BCUT2D eigenvalue weighted by molar-refractivity contribution is -0.122. The van der Waals surface area contributed by atoms with Crippen molar-refractivity contribution in [2.45, 2.75) is 6.92 Å². The minimum atomic E-state index is -0.250. The summed E-state index contributed by atoms with van der Waals surface area (Å²) in [6.07, 6.45) is 1.84. The second kappa shape index (κ2) is 4.97. The van der Waals surface area contributed by atoms with Crippen LogP contribution in [0.3, 0.4) is 0 Å². The molecule has 3 nitrogen and oxygen atoms in total. The van der Waals surface area contributed by atoms with Crippen molar-refractivity contribution in [3.8, 4) is 0 Å². The van der Waals surface area contributed by atoms with Gasteiger partial charge >= 0.3 is 0 Å². The Kier molecular flexibility index (Phi) is 3.61. The van der Waals surface area contributed by atoms with Crippen molar-refractivity contribution >= 4 is 17.2 Å². The fourth-order valence-corrected chi connectivity index (χ4v) is 1.27. The molecule has 0 atom stereocenters. The standard InChI is InChI=1S/C10H9N.CH2O2/c1-8-10-5-3-2-4-9(10)6-7-11-8;2-1-3/h2-7H,1H3;1H,(H,2,3). The van der Waals surface area contributed by atoms with Gasteiger partial charge in [-0.05, 0) is 18.4 Å². The maximum atomic E-state index is 8.36. The highest BCUT2D eigenvalue weighted by Gasteiger charge is 1.93. The van der Waals surface area contributed by atoms with E-state index in [-0.39, 0.29) is 6.47 Å². The van der Waals surface area contributed by atoms with E-state index < -0.39 is 0 Å². The van der Waals surface area contributed by atoms with Crippen LogP contribution in [0.25, 0.3) is 10.8 Å². The molecule has 0 aliphatic heterocycles. The third-order valence-electron chi connectivity index (χ3n) is 1.87. The van der Waals surface area contributed by atoms with Crippen LogP contribution in [0.1, 0.15) is 5.69 Å². The lowest BCUT2D eigenvalue weighted by Crippen LogP contribution is -1.80. The Morgan fingerprint density at radius 2 is 1.93 bits per heavy atom. The average molecular weight is 189 g/mol. The molecule has 1 aromatic heterocycles. The topological polar surface area (TPSA) is 50.2 Å². The first-order valence-corrected chi connectivity index (χ1v) is 4.18. The number of aryl methyl sites for hydroxylation is 1. The van der Waals surface area contributed by atoms with Gasteiger partial charge in [0.1, 0.15) is 0 Å². The molecule has 2 rings (SSSR count). The molecule has 0 amide bonds. The quantitative estimate of drug-likeness (QED) is 0.646. The summed E-state index contributed by atoms with van der Waals surface area (Å²) < 4.78 is 0. The van der Waals surface area contributed by atoms with Crippen molar-refractivity contribution in [1.29, 1.82) is 0 Å². The molecular weight excluding hydrogens is 178 g/mol. The van der Waals surface area contributed by atoms with E-state index in [1.807, 2.05) is 31.3 Å². The van der Waals surface area contributed by atoms with E-state index in [0.717, 1.165) is 5.69 Å². The highest BCUT2D eigenvalue weighted by atomic mass is 16.3. The molecule has 0 radical (unpaired) electrons. The first-order valence-electron chi connectivity index (χ1n) is 4.18. The fraction of sp³-hybridized carbons (Fsp3) is 0.0909. The summed E-state index contributed by atoms with van der Waals surface area (Å²) in [6.45, 7) is 1.78. The minimum Gasteiger partial charge on any atom is -0.483 e. The lowest BCUT2D eigenvalue weighted by Gasteiger charge is -1.97. The van der Waals surface area contributed by atoms with Crippen molar-refractivity contribution in [2.24, 2.45) is 0 Å². The summed E-state index contributed by atoms with van der Waals surface area (Å²) in [6, 6.07) is 10.3. The maximum Gasteiger partial charge on any atom is 0.290 e. The molecule has 14 heavy (non-hydrogen) atoms. The van der Waals surface area contributed by atoms with Gasteiger partial charge in [0.25, 0.3) is 6.47 Å². The number of carbonyl (C=O) groups is 1. The van der Waals surface area contributed by atoms with Crippen molar-refractivity contribution in [1.82, 2.24) is 4.98 Å². The fourth-order valence-electron chi connectivity index (χ4n) is 1.27. The van der Waals surface area contributed by atoms with Crippen LogP contribution in [0.15, 0.2) is 36.5 Å². The number of benzene rings is 1. The molecule has 0 aliphatic carbocycles. The van der Waals surface area contributed by atoms with E-state index in [1.54, 1.807) is 0 Å². The van der Waals surface area contributed by atoms with Crippen LogP contribution in [-0.2, 0) is 4.79 Å². The second-order valence-electron chi connectivity index (χ2n) is 2.72. The monoisotopic (exact) mass is 189 g/mol. The van der Waals surface area contributed by atoms with Gasteiger partial charge in [0.2, 0.25) is 0 Å². The zero-order valence-corrected chi connectivity index (χ0v) is 7.84. The first kappa shape index (κ1) is 10.2. The Labute approximate surface area is 82.0 Å². The molecule has 1 heterocycles. The van der Waals surface area contributed by atoms with Gasteiger partial charge < -0.3 is 5.11 Å². The molecule has 0 bridgehead atoms. The second-order valence-corrected chi connectivity index (χ2v) is 2.72. The van der Waals surface area contributed by atoms with Gasteiger partial charge in [-0.25, -0.2) is 0 Å². The van der Waals surface area contributed by atoms with Crippen LogP contribution >= 0.6 is 0 Å². The molecule has 0 unspecified atom stereocenters. The lowest BCUT2D eigenvalue weighted by atomic mass is 10.1. The van der Waals surface area contributed by atoms with E-state index in [9.17, 15) is 0 Å². The number of nitrogens with zero attached hydrogens (tertiary/aromatic N) is 1. The van der Waals surface area contributed by atoms with Crippen LogP contribution in [0.2, 0.25) is 0 Å². The summed E-state index contributed by atoms with van der Waals surface area (Å²) in [5.74, 6) is 0. The highest BCUT2D eigenvalue weighted by Crippen LogP contribution is 2.14. The third-order valence-corrected chi connectivity index (χ3v) is 1.87. The molecule has 2 aromatic rings. The van der Waals surface area contributed by atoms with E-state index in [0.29, 0.717) is 0 Å². The Balaban J connectivity index is 0.000000293. The van der Waals surface area contributed by atoms with Crippen LogP contribution in [-0.4, -0.2) is 16.6 Å². The summed E-state index contributed by atoms with van der Waals surface area (Å²) >= 11 is 0. The summed E-state index contributed by atoms with van der Waals surface area (Å²) in [7, 11) is 0. The molecule has 3 heteroatoms. The summed E-state index contributed by atoms with van der Waals surface area (Å²) in [4.78, 5) is 12.6. The number of rotatable bonds is 0. The number of pyridine rings is 1. The number of carboxylic acid groups (broad SMARTS) is 1. The van der Waals surface area contributed by atoms with Gasteiger partial charge in [-0.1, -0.05) is 24.3 Å². The van der Waals surface area contributed by atoms with Gasteiger partial charge in [0.05, 0.1) is 0 Å². The Bertz CT molecular complexity index is 421. The predicted octanol–water partition coefficient (Wildman–Crippen LogP) is 2.24. The van der Waals surface area contributed by atoms with Crippen molar-refractivity contribution in [3.63, 3.8) is 0 Å². The molecule has 1 N–H and O–H groups in total. The number of fused-ring (bicyclic) bond motifs is 1. The number of hydrogen-bond acceptors (Lipinski definition) is 2. The molecule has 0 spiro atoms. The van der Waals surface area contributed by atoms with Crippen LogP contribution in [0.4, 0.5) is 0 Å². The van der Waals surface area contributed by atoms with Gasteiger partial charge in [0, 0.05) is 17.3 Å². The smallest absolute Gasteiger partial charge is 0.290 e. The van der Waals surface area contributed by atoms with E-state index >= 15 is 0 Å². The Hall–Kier alpha value is -1.90. The molecule has 0 saturated carbocycles. The molecule has 72 valence electrons. The van der Waals surface area contributed by atoms with Crippen molar-refractivity contribution < 1.29 is 9.90 Å². The van der Waals surface area contributed by atoms with Crippen molar-refractivity contribution in [2.75, 3.05) is 0 Å². The minimum absolute atomic E-state index is 0.250. The SMILES string of the molecule is Cc1nccc2ccccc12.O=CO. The third kappa shape index (κ3) is 2.29. The summed E-state index contributed by atoms with van der Waals surface area (Å²) in [5.41, 5.74) is 1.10. The highest BCUT2D eigenvalue weighted by molar-refractivity contribution is 5.83. The van der Waals surface area contributed by atoms with Crippen LogP contribution in [0, 0.1) is 6.92 Å². The Morgan fingerprint density at radius 3 is 2.57 bits per heavy atom. The van der Waals surface area contributed by atoms with Gasteiger partial charge in [-0.3, -0.25) is 9.78 Å². The molecule has 0 saturated heterocycles. The van der Waals surface area contributed by atoms with Crippen LogP contribution < -0.4 is 0 Å². The maximum absolute atomic E-state index is 8.36. The van der Waals surface area contributed by atoms with E-state index in [2.05, 4.69) is 17.1 Å². The first-order chi connectivity index (χ1) is 6.79. The predicted molar refractivity (Wildman–Crippen MR) is 55.2 cm³/mol. The van der Waals surface area contributed by atoms with E-state index in [4.69, 9.17) is 9.90 Å². The van der Waals surface area contributed by atoms with E-state index in [1.165, 1.54) is 10.8 Å². The molecular formula is C11H11NO2. The molecule has 1 aromatic carbocycles. The molecule has 0 aliphatic rings. The molecule has 0 fully saturated rings. The Morgan fingerprint density at radius 1 is 1.29 bits per heavy atom. The van der Waals surface area contributed by atoms with Crippen LogP contribution in [0.5, 0.6) is 0 Å². The zero-order chi connectivity index (χ0) is 10.4. The normalized spacial score (nSPS) is 8.93. The van der Waals surface area contributed by atoms with Gasteiger partial charge in [0.15, 0.2) is 0 Å². The van der Waals surface area contributed by atoms with Gasteiger partial charge in [-0.2, -0.15) is 0 Å². The number of hydrogen-bond donors (Lipinski definition) is 1. The van der Waals surface area contributed by atoms with Crippen molar-refractivity contribution in [3.05, 3.63) is 42.2 Å².